The van der Waals surface area contributed by atoms with Gasteiger partial charge in [0.2, 0.25) is 0 Å². The minimum absolute atomic E-state index is 0.117. The summed E-state index contributed by atoms with van der Waals surface area (Å²) < 4.78 is 13.1. The summed E-state index contributed by atoms with van der Waals surface area (Å²) >= 11 is 0. The molecule has 0 bridgehead atoms. The molecule has 1 fully saturated rings. The van der Waals surface area contributed by atoms with Crippen LogP contribution in [0.3, 0.4) is 0 Å². The standard InChI is InChI=1S/C19H24O2Si/c1-19(2,3)18-14-15-20-22(21-18,16-10-6-4-7-11-16)17-12-8-5-9-13-17/h4-13,18H,14-15H2,1-3H3/t18-/m0/s1. The van der Waals surface area contributed by atoms with Gasteiger partial charge in [-0.25, -0.2) is 0 Å². The van der Waals surface area contributed by atoms with Crippen LogP contribution in [0.1, 0.15) is 27.2 Å². The van der Waals surface area contributed by atoms with Gasteiger partial charge in [0.1, 0.15) is 0 Å². The Morgan fingerprint density at radius 3 is 1.82 bits per heavy atom. The smallest absolute Gasteiger partial charge is 0.388 e. The molecule has 1 heterocycles. The van der Waals surface area contributed by atoms with Crippen LogP contribution in [0, 0.1) is 5.41 Å². The third-order valence-electron chi connectivity index (χ3n) is 4.27. The molecule has 1 atom stereocenters. The quantitative estimate of drug-likeness (QED) is 0.793. The molecule has 116 valence electrons. The van der Waals surface area contributed by atoms with Crippen molar-refractivity contribution in [2.45, 2.75) is 33.3 Å². The molecule has 0 unspecified atom stereocenters. The summed E-state index contributed by atoms with van der Waals surface area (Å²) in [5.41, 5.74) is 0.117. The topological polar surface area (TPSA) is 18.5 Å². The van der Waals surface area contributed by atoms with E-state index in [0.717, 1.165) is 13.0 Å². The van der Waals surface area contributed by atoms with Crippen LogP contribution in [0.4, 0.5) is 0 Å². The predicted molar refractivity (Wildman–Crippen MR) is 92.8 cm³/mol. The molecule has 0 amide bonds. The highest BCUT2D eigenvalue weighted by atomic mass is 28.4. The first-order chi connectivity index (χ1) is 10.5. The molecule has 2 nitrogen and oxygen atoms in total. The first-order valence-corrected chi connectivity index (χ1v) is 9.77. The predicted octanol–water partition coefficient (Wildman–Crippen LogP) is 3.09. The molecule has 1 saturated heterocycles. The molecular weight excluding hydrogens is 288 g/mol. The van der Waals surface area contributed by atoms with Gasteiger partial charge in [-0.05, 0) is 22.2 Å². The van der Waals surface area contributed by atoms with Crippen molar-refractivity contribution in [3.63, 3.8) is 0 Å². The monoisotopic (exact) mass is 312 g/mol. The number of benzene rings is 2. The Kier molecular flexibility index (Phi) is 4.21. The molecule has 3 heteroatoms. The lowest BCUT2D eigenvalue weighted by molar-refractivity contribution is -0.00155. The van der Waals surface area contributed by atoms with Crippen molar-refractivity contribution >= 4 is 18.9 Å². The summed E-state index contributed by atoms with van der Waals surface area (Å²) in [5, 5.41) is 2.38. The summed E-state index contributed by atoms with van der Waals surface area (Å²) in [6, 6.07) is 20.9. The van der Waals surface area contributed by atoms with Gasteiger partial charge in [-0.1, -0.05) is 81.4 Å². The Morgan fingerprint density at radius 1 is 0.864 bits per heavy atom. The molecule has 2 aromatic carbocycles. The Morgan fingerprint density at radius 2 is 1.36 bits per heavy atom. The Bertz CT molecular complexity index is 565. The molecule has 1 aliphatic rings. The summed E-state index contributed by atoms with van der Waals surface area (Å²) in [7, 11) is -2.61. The van der Waals surface area contributed by atoms with Gasteiger partial charge in [0.15, 0.2) is 0 Å². The van der Waals surface area contributed by atoms with Gasteiger partial charge in [0.05, 0.1) is 6.10 Å². The molecule has 22 heavy (non-hydrogen) atoms. The molecule has 0 N–H and O–H groups in total. The number of hydrogen-bond acceptors (Lipinski definition) is 2. The van der Waals surface area contributed by atoms with Crippen molar-refractivity contribution in [2.75, 3.05) is 6.61 Å². The van der Waals surface area contributed by atoms with Gasteiger partial charge in [-0.15, -0.1) is 0 Å². The molecular formula is C19H24O2Si. The number of rotatable bonds is 2. The van der Waals surface area contributed by atoms with E-state index in [1.165, 1.54) is 10.4 Å². The Labute approximate surface area is 134 Å². The van der Waals surface area contributed by atoms with E-state index >= 15 is 0 Å². The van der Waals surface area contributed by atoms with E-state index < -0.39 is 8.56 Å². The summed E-state index contributed by atoms with van der Waals surface area (Å²) in [6.07, 6.45) is 1.17. The van der Waals surface area contributed by atoms with Crippen LogP contribution in [-0.4, -0.2) is 21.3 Å². The van der Waals surface area contributed by atoms with Crippen molar-refractivity contribution in [3.8, 4) is 0 Å². The Balaban J connectivity index is 2.08. The third kappa shape index (κ3) is 2.89. The van der Waals surface area contributed by atoms with Crippen molar-refractivity contribution in [1.29, 1.82) is 0 Å². The second-order valence-electron chi connectivity index (χ2n) is 6.96. The lowest BCUT2D eigenvalue weighted by atomic mass is 9.87. The van der Waals surface area contributed by atoms with Crippen LogP contribution in [0.15, 0.2) is 60.7 Å². The van der Waals surface area contributed by atoms with E-state index in [0.29, 0.717) is 0 Å². The maximum absolute atomic E-state index is 6.73. The Hall–Kier alpha value is -1.42. The van der Waals surface area contributed by atoms with E-state index in [4.69, 9.17) is 8.85 Å². The summed E-state index contributed by atoms with van der Waals surface area (Å²) in [4.78, 5) is 0. The van der Waals surface area contributed by atoms with Gasteiger partial charge in [-0.2, -0.15) is 0 Å². The fourth-order valence-corrected chi connectivity index (χ4v) is 6.54. The SMILES string of the molecule is CC(C)(C)[C@@H]1CCO[Si](c2ccccc2)(c2ccccc2)O1. The lowest BCUT2D eigenvalue weighted by Gasteiger charge is -2.44. The average molecular weight is 312 g/mol. The van der Waals surface area contributed by atoms with Crippen molar-refractivity contribution < 1.29 is 8.85 Å². The second kappa shape index (κ2) is 5.99. The minimum Gasteiger partial charge on any atom is -0.388 e. The van der Waals surface area contributed by atoms with Crippen LogP contribution in [0.2, 0.25) is 0 Å². The molecule has 0 aromatic heterocycles. The van der Waals surface area contributed by atoms with E-state index in [1.54, 1.807) is 0 Å². The molecule has 0 spiro atoms. The zero-order chi connectivity index (χ0) is 15.6. The van der Waals surface area contributed by atoms with Crippen molar-refractivity contribution in [2.24, 2.45) is 5.41 Å². The highest BCUT2D eigenvalue weighted by Crippen LogP contribution is 2.31. The van der Waals surface area contributed by atoms with Crippen LogP contribution >= 0.6 is 0 Å². The maximum atomic E-state index is 6.73. The van der Waals surface area contributed by atoms with E-state index in [2.05, 4.69) is 69.3 Å². The lowest BCUT2D eigenvalue weighted by Crippen LogP contribution is -2.68. The van der Waals surface area contributed by atoms with Crippen molar-refractivity contribution in [1.82, 2.24) is 0 Å². The minimum atomic E-state index is -2.61. The zero-order valence-electron chi connectivity index (χ0n) is 13.6. The average Bonchev–Trinajstić information content (AvgIpc) is 2.56. The molecule has 1 aliphatic heterocycles. The van der Waals surface area contributed by atoms with Gasteiger partial charge >= 0.3 is 8.56 Å². The normalized spacial score (nSPS) is 21.5. The molecule has 2 aromatic rings. The van der Waals surface area contributed by atoms with E-state index in [1.807, 2.05) is 12.1 Å². The van der Waals surface area contributed by atoms with Crippen LogP contribution in [0.5, 0.6) is 0 Å². The van der Waals surface area contributed by atoms with Crippen molar-refractivity contribution in [3.05, 3.63) is 60.7 Å². The van der Waals surface area contributed by atoms with Crippen LogP contribution in [0.25, 0.3) is 0 Å². The fraction of sp³-hybridized carbons (Fsp3) is 0.368. The molecule has 0 saturated carbocycles. The van der Waals surface area contributed by atoms with Gasteiger partial charge in [0.25, 0.3) is 0 Å². The third-order valence-corrected chi connectivity index (χ3v) is 7.68. The zero-order valence-corrected chi connectivity index (χ0v) is 14.6. The number of hydrogen-bond donors (Lipinski definition) is 0. The van der Waals surface area contributed by atoms with E-state index in [9.17, 15) is 0 Å². The summed E-state index contributed by atoms with van der Waals surface area (Å²) in [5.74, 6) is 0. The maximum Gasteiger partial charge on any atom is 0.407 e. The van der Waals surface area contributed by atoms with Gasteiger partial charge in [-0.3, -0.25) is 0 Å². The molecule has 3 rings (SSSR count). The van der Waals surface area contributed by atoms with Crippen LogP contribution < -0.4 is 10.4 Å². The van der Waals surface area contributed by atoms with Crippen LogP contribution in [-0.2, 0) is 8.85 Å². The first kappa shape index (κ1) is 15.5. The first-order valence-electron chi connectivity index (χ1n) is 7.95. The molecule has 0 radical (unpaired) electrons. The highest BCUT2D eigenvalue weighted by molar-refractivity contribution is 6.92. The molecule has 0 aliphatic carbocycles. The fourth-order valence-electron chi connectivity index (χ4n) is 3.00. The highest BCUT2D eigenvalue weighted by Gasteiger charge is 2.49. The van der Waals surface area contributed by atoms with Gasteiger partial charge in [0, 0.05) is 6.61 Å². The van der Waals surface area contributed by atoms with Gasteiger partial charge < -0.3 is 8.85 Å². The summed E-state index contributed by atoms with van der Waals surface area (Å²) in [6.45, 7) is 7.51. The second-order valence-corrected chi connectivity index (χ2v) is 9.87. The van der Waals surface area contributed by atoms with E-state index in [-0.39, 0.29) is 11.5 Å². The largest absolute Gasteiger partial charge is 0.407 e.